The van der Waals surface area contributed by atoms with Crippen LogP contribution in [0.4, 0.5) is 0 Å². The van der Waals surface area contributed by atoms with Crippen LogP contribution >= 0.6 is 23.2 Å². The van der Waals surface area contributed by atoms with Crippen molar-refractivity contribution in [1.29, 1.82) is 0 Å². The molecule has 5 nitrogen and oxygen atoms in total. The summed E-state index contributed by atoms with van der Waals surface area (Å²) in [5.41, 5.74) is 0.587. The van der Waals surface area contributed by atoms with Crippen LogP contribution < -0.4 is 0 Å². The minimum Gasteiger partial charge on any atom is -0.480 e. The van der Waals surface area contributed by atoms with Gasteiger partial charge in [-0.15, -0.1) is 0 Å². The predicted octanol–water partition coefficient (Wildman–Crippen LogP) is 2.54. The summed E-state index contributed by atoms with van der Waals surface area (Å²) in [5.74, 6) is -1.14. The van der Waals surface area contributed by atoms with Gasteiger partial charge < -0.3 is 5.11 Å². The first-order chi connectivity index (χ1) is 9.25. The van der Waals surface area contributed by atoms with E-state index < -0.39 is 22.0 Å². The van der Waals surface area contributed by atoms with E-state index in [0.717, 1.165) is 4.31 Å². The fraction of sp³-hybridized carbons (Fsp3) is 0.417. The van der Waals surface area contributed by atoms with Crippen molar-refractivity contribution in [2.24, 2.45) is 0 Å². The van der Waals surface area contributed by atoms with Gasteiger partial charge >= 0.3 is 5.97 Å². The largest absolute Gasteiger partial charge is 0.480 e. The van der Waals surface area contributed by atoms with Crippen LogP contribution in [-0.2, 0) is 14.8 Å². The zero-order valence-corrected chi connectivity index (χ0v) is 13.0. The molecule has 1 aromatic carbocycles. The Morgan fingerprint density at radius 3 is 2.40 bits per heavy atom. The molecule has 1 N–H and O–H groups in total. The molecule has 0 amide bonds. The standard InChI is InChI=1S/C12H13Cl2NO4S/c1-7-9(13)5-8(6-10(7)14)20(18,19)15-4-2-3-11(15)12(16)17/h5-6,11H,2-4H2,1H3,(H,16,17)/t11-/m1/s1. The van der Waals surface area contributed by atoms with Crippen molar-refractivity contribution in [1.82, 2.24) is 4.31 Å². The van der Waals surface area contributed by atoms with Gasteiger partial charge in [0.05, 0.1) is 4.90 Å². The van der Waals surface area contributed by atoms with Crippen molar-refractivity contribution in [3.63, 3.8) is 0 Å². The molecule has 0 spiro atoms. The molecule has 1 atom stereocenters. The molecule has 20 heavy (non-hydrogen) atoms. The van der Waals surface area contributed by atoms with Crippen molar-refractivity contribution < 1.29 is 18.3 Å². The van der Waals surface area contributed by atoms with Gasteiger partial charge in [-0.05, 0) is 37.5 Å². The van der Waals surface area contributed by atoms with Crippen LogP contribution in [0.3, 0.4) is 0 Å². The van der Waals surface area contributed by atoms with Gasteiger partial charge in [0.2, 0.25) is 10.0 Å². The molecule has 0 radical (unpaired) electrons. The number of aliphatic carboxylic acids is 1. The Labute approximate surface area is 127 Å². The number of benzene rings is 1. The van der Waals surface area contributed by atoms with Crippen molar-refractivity contribution in [2.45, 2.75) is 30.7 Å². The fourth-order valence-electron chi connectivity index (χ4n) is 2.18. The number of rotatable bonds is 3. The molecule has 0 unspecified atom stereocenters. The van der Waals surface area contributed by atoms with E-state index in [1.54, 1.807) is 6.92 Å². The van der Waals surface area contributed by atoms with Crippen molar-refractivity contribution in [3.05, 3.63) is 27.7 Å². The zero-order chi connectivity index (χ0) is 15.1. The lowest BCUT2D eigenvalue weighted by atomic mass is 10.2. The number of hydrogen-bond donors (Lipinski definition) is 1. The van der Waals surface area contributed by atoms with Crippen LogP contribution in [0.25, 0.3) is 0 Å². The average Bonchev–Trinajstić information content (AvgIpc) is 2.85. The molecule has 2 rings (SSSR count). The van der Waals surface area contributed by atoms with E-state index in [0.29, 0.717) is 18.4 Å². The van der Waals surface area contributed by atoms with E-state index in [4.69, 9.17) is 28.3 Å². The molecule has 0 aliphatic carbocycles. The van der Waals surface area contributed by atoms with Crippen LogP contribution in [0.15, 0.2) is 17.0 Å². The Balaban J connectivity index is 2.48. The molecule has 1 saturated heterocycles. The van der Waals surface area contributed by atoms with Gasteiger partial charge in [0, 0.05) is 16.6 Å². The molecular formula is C12H13Cl2NO4S. The van der Waals surface area contributed by atoms with Crippen molar-refractivity contribution >= 4 is 39.2 Å². The summed E-state index contributed by atoms with van der Waals surface area (Å²) >= 11 is 11.9. The van der Waals surface area contributed by atoms with Gasteiger partial charge in [0.1, 0.15) is 6.04 Å². The van der Waals surface area contributed by atoms with Gasteiger partial charge in [0.15, 0.2) is 0 Å². The Bertz CT molecular complexity index is 636. The Hall–Kier alpha value is -0.820. The summed E-state index contributed by atoms with van der Waals surface area (Å²) in [4.78, 5) is 11.0. The third-order valence-electron chi connectivity index (χ3n) is 3.35. The highest BCUT2D eigenvalue weighted by molar-refractivity contribution is 7.89. The number of sulfonamides is 1. The van der Waals surface area contributed by atoms with Crippen LogP contribution in [0.1, 0.15) is 18.4 Å². The number of carboxylic acid groups (broad SMARTS) is 1. The Morgan fingerprint density at radius 2 is 1.90 bits per heavy atom. The van der Waals surface area contributed by atoms with E-state index in [1.165, 1.54) is 12.1 Å². The van der Waals surface area contributed by atoms with Gasteiger partial charge in [-0.3, -0.25) is 4.79 Å². The molecule has 0 saturated carbocycles. The summed E-state index contributed by atoms with van der Waals surface area (Å²) in [6, 6.07) is 1.57. The summed E-state index contributed by atoms with van der Waals surface area (Å²) in [6.45, 7) is 1.86. The van der Waals surface area contributed by atoms with Crippen LogP contribution in [0, 0.1) is 6.92 Å². The predicted molar refractivity (Wildman–Crippen MR) is 75.7 cm³/mol. The number of hydrogen-bond acceptors (Lipinski definition) is 3. The van der Waals surface area contributed by atoms with E-state index in [2.05, 4.69) is 0 Å². The third-order valence-corrected chi connectivity index (χ3v) is 6.02. The van der Waals surface area contributed by atoms with Gasteiger partial charge in [-0.2, -0.15) is 4.31 Å². The molecule has 0 bridgehead atoms. The maximum absolute atomic E-state index is 12.5. The molecule has 1 heterocycles. The summed E-state index contributed by atoms with van der Waals surface area (Å²) in [7, 11) is -3.91. The SMILES string of the molecule is Cc1c(Cl)cc(S(=O)(=O)N2CCC[C@@H]2C(=O)O)cc1Cl. The van der Waals surface area contributed by atoms with E-state index >= 15 is 0 Å². The highest BCUT2D eigenvalue weighted by atomic mass is 35.5. The van der Waals surface area contributed by atoms with Crippen LogP contribution in [-0.4, -0.2) is 36.4 Å². The van der Waals surface area contributed by atoms with Gasteiger partial charge in [-0.25, -0.2) is 8.42 Å². The second-order valence-electron chi connectivity index (χ2n) is 4.62. The minimum absolute atomic E-state index is 0.0775. The number of nitrogens with zero attached hydrogens (tertiary/aromatic N) is 1. The second kappa shape index (κ2) is 5.52. The molecule has 1 aliphatic rings. The van der Waals surface area contributed by atoms with Gasteiger partial charge in [0.25, 0.3) is 0 Å². The van der Waals surface area contributed by atoms with Crippen LogP contribution in [0.2, 0.25) is 10.0 Å². The molecule has 1 aromatic rings. The first kappa shape index (κ1) is 15.6. The van der Waals surface area contributed by atoms with Crippen molar-refractivity contribution in [3.8, 4) is 0 Å². The quantitative estimate of drug-likeness (QED) is 0.919. The number of carboxylic acids is 1. The fourth-order valence-corrected chi connectivity index (χ4v) is 4.50. The lowest BCUT2D eigenvalue weighted by molar-refractivity contribution is -0.140. The molecule has 8 heteroatoms. The maximum Gasteiger partial charge on any atom is 0.322 e. The topological polar surface area (TPSA) is 74.7 Å². The third kappa shape index (κ3) is 2.65. The monoisotopic (exact) mass is 337 g/mol. The molecule has 0 aromatic heterocycles. The minimum atomic E-state index is -3.91. The number of carbonyl (C=O) groups is 1. The smallest absolute Gasteiger partial charge is 0.322 e. The number of halogens is 2. The summed E-state index contributed by atoms with van der Waals surface area (Å²) < 4.78 is 26.0. The summed E-state index contributed by atoms with van der Waals surface area (Å²) in [6.07, 6.45) is 0.825. The first-order valence-corrected chi connectivity index (χ1v) is 8.15. The Morgan fingerprint density at radius 1 is 1.35 bits per heavy atom. The molecular weight excluding hydrogens is 325 g/mol. The summed E-state index contributed by atoms with van der Waals surface area (Å²) in [5, 5.41) is 9.57. The lowest BCUT2D eigenvalue weighted by Crippen LogP contribution is -2.40. The van der Waals surface area contributed by atoms with Crippen LogP contribution in [0.5, 0.6) is 0 Å². The van der Waals surface area contributed by atoms with E-state index in [-0.39, 0.29) is 21.5 Å². The molecule has 1 fully saturated rings. The van der Waals surface area contributed by atoms with E-state index in [9.17, 15) is 13.2 Å². The Kier molecular flexibility index (Phi) is 4.30. The highest BCUT2D eigenvalue weighted by Crippen LogP contribution is 2.32. The highest BCUT2D eigenvalue weighted by Gasteiger charge is 2.39. The molecule has 110 valence electrons. The normalized spacial score (nSPS) is 20.2. The average molecular weight is 338 g/mol. The van der Waals surface area contributed by atoms with Crippen molar-refractivity contribution in [2.75, 3.05) is 6.54 Å². The van der Waals surface area contributed by atoms with E-state index in [1.807, 2.05) is 0 Å². The second-order valence-corrected chi connectivity index (χ2v) is 7.33. The maximum atomic E-state index is 12.5. The molecule has 1 aliphatic heterocycles. The zero-order valence-electron chi connectivity index (χ0n) is 10.6. The lowest BCUT2D eigenvalue weighted by Gasteiger charge is -2.21. The van der Waals surface area contributed by atoms with Gasteiger partial charge in [-0.1, -0.05) is 23.2 Å². The first-order valence-electron chi connectivity index (χ1n) is 5.95.